The maximum atomic E-state index is 11.1. The molecule has 0 aromatic carbocycles. The number of aliphatic carboxylic acids is 1. The molecule has 7 nitrogen and oxygen atoms in total. The molecule has 1 atom stereocenters. The van der Waals surface area contributed by atoms with Crippen molar-refractivity contribution >= 4 is 18.0 Å². The Hall–Kier alpha value is -1.79. The number of carboxylic acids is 1. The third-order valence-electron chi connectivity index (χ3n) is 1.95. The maximum Gasteiger partial charge on any atom is 0.407 e. The van der Waals surface area contributed by atoms with Crippen LogP contribution in [0, 0.1) is 0 Å². The predicted molar refractivity (Wildman–Crippen MR) is 50.7 cm³/mol. The van der Waals surface area contributed by atoms with Gasteiger partial charge in [0.2, 0.25) is 0 Å². The van der Waals surface area contributed by atoms with Gasteiger partial charge in [-0.3, -0.25) is 9.59 Å². The van der Waals surface area contributed by atoms with Gasteiger partial charge in [0, 0.05) is 12.8 Å². The first-order chi connectivity index (χ1) is 7.58. The lowest BCUT2D eigenvalue weighted by atomic mass is 10.2. The number of alkyl carbamates (subject to hydrolysis) is 1. The topological polar surface area (TPSA) is 102 Å². The van der Waals surface area contributed by atoms with Crippen molar-refractivity contribution in [1.29, 1.82) is 0 Å². The maximum absolute atomic E-state index is 11.1. The number of carbonyl (C=O) groups is 3. The van der Waals surface area contributed by atoms with Crippen molar-refractivity contribution in [2.24, 2.45) is 0 Å². The molecule has 1 aliphatic rings. The van der Waals surface area contributed by atoms with E-state index in [1.54, 1.807) is 0 Å². The Morgan fingerprint density at radius 2 is 2.25 bits per heavy atom. The molecule has 7 heteroatoms. The molecular formula is C9H13NO6. The van der Waals surface area contributed by atoms with Crippen LogP contribution in [0.4, 0.5) is 4.79 Å². The van der Waals surface area contributed by atoms with Gasteiger partial charge in [-0.2, -0.15) is 0 Å². The van der Waals surface area contributed by atoms with E-state index in [9.17, 15) is 14.4 Å². The van der Waals surface area contributed by atoms with Gasteiger partial charge in [0.1, 0.15) is 6.61 Å². The Kier molecular flexibility index (Phi) is 4.56. The highest BCUT2D eigenvalue weighted by Crippen LogP contribution is 2.03. The first-order valence-corrected chi connectivity index (χ1v) is 4.90. The van der Waals surface area contributed by atoms with Crippen molar-refractivity contribution in [3.8, 4) is 0 Å². The average Bonchev–Trinajstić information content (AvgIpc) is 2.61. The fourth-order valence-electron chi connectivity index (χ4n) is 1.17. The number of carboxylic acid groups (broad SMARTS) is 1. The average molecular weight is 231 g/mol. The Morgan fingerprint density at radius 1 is 1.50 bits per heavy atom. The predicted octanol–water partition coefficient (Wildman–Crippen LogP) is -0.107. The zero-order valence-corrected chi connectivity index (χ0v) is 8.60. The van der Waals surface area contributed by atoms with Crippen LogP contribution in [-0.4, -0.2) is 42.4 Å². The van der Waals surface area contributed by atoms with E-state index in [0.29, 0.717) is 6.54 Å². The number of rotatable bonds is 6. The van der Waals surface area contributed by atoms with E-state index in [2.05, 4.69) is 5.32 Å². The lowest BCUT2D eigenvalue weighted by molar-refractivity contribution is -0.146. The van der Waals surface area contributed by atoms with Gasteiger partial charge in [-0.25, -0.2) is 4.79 Å². The smallest absolute Gasteiger partial charge is 0.407 e. The van der Waals surface area contributed by atoms with E-state index in [1.807, 2.05) is 0 Å². The number of hydrogen-bond acceptors (Lipinski definition) is 5. The van der Waals surface area contributed by atoms with Gasteiger partial charge < -0.3 is 19.9 Å². The van der Waals surface area contributed by atoms with Gasteiger partial charge in [-0.1, -0.05) is 0 Å². The van der Waals surface area contributed by atoms with Crippen LogP contribution in [-0.2, 0) is 19.1 Å². The molecule has 0 radical (unpaired) electrons. The molecule has 1 rings (SSSR count). The van der Waals surface area contributed by atoms with Crippen LogP contribution in [0.3, 0.4) is 0 Å². The van der Waals surface area contributed by atoms with Crippen molar-refractivity contribution in [2.75, 3.05) is 13.2 Å². The molecule has 1 fully saturated rings. The van der Waals surface area contributed by atoms with E-state index < -0.39 is 24.1 Å². The monoisotopic (exact) mass is 231 g/mol. The molecule has 0 aliphatic carbocycles. The lowest BCUT2D eigenvalue weighted by Crippen LogP contribution is -2.22. The van der Waals surface area contributed by atoms with Crippen molar-refractivity contribution in [3.63, 3.8) is 0 Å². The summed E-state index contributed by atoms with van der Waals surface area (Å²) < 4.78 is 9.54. The van der Waals surface area contributed by atoms with Crippen LogP contribution < -0.4 is 5.32 Å². The van der Waals surface area contributed by atoms with E-state index in [-0.39, 0.29) is 25.9 Å². The summed E-state index contributed by atoms with van der Waals surface area (Å²) in [5.41, 5.74) is 0. The summed E-state index contributed by atoms with van der Waals surface area (Å²) in [5, 5.41) is 10.8. The van der Waals surface area contributed by atoms with Crippen molar-refractivity contribution < 1.29 is 29.0 Å². The number of esters is 1. The third-order valence-corrected chi connectivity index (χ3v) is 1.95. The second-order valence-corrected chi connectivity index (χ2v) is 3.34. The van der Waals surface area contributed by atoms with Crippen LogP contribution in [0.5, 0.6) is 0 Å². The van der Waals surface area contributed by atoms with Crippen molar-refractivity contribution in [1.82, 2.24) is 5.32 Å². The molecule has 1 saturated heterocycles. The van der Waals surface area contributed by atoms with E-state index in [4.69, 9.17) is 14.6 Å². The van der Waals surface area contributed by atoms with Crippen LogP contribution >= 0.6 is 0 Å². The van der Waals surface area contributed by atoms with Gasteiger partial charge >= 0.3 is 18.0 Å². The lowest BCUT2D eigenvalue weighted by Gasteiger charge is -2.08. The first-order valence-electron chi connectivity index (χ1n) is 4.90. The highest BCUT2D eigenvalue weighted by Gasteiger charge is 2.23. The summed E-state index contributed by atoms with van der Waals surface area (Å²) in [6, 6.07) is 0. The van der Waals surface area contributed by atoms with Crippen molar-refractivity contribution in [2.45, 2.75) is 25.4 Å². The van der Waals surface area contributed by atoms with Crippen LogP contribution in [0.15, 0.2) is 0 Å². The Balaban J connectivity index is 2.06. The molecule has 1 amide bonds. The summed E-state index contributed by atoms with van der Waals surface area (Å²) in [4.78, 5) is 31.9. The zero-order chi connectivity index (χ0) is 12.0. The van der Waals surface area contributed by atoms with Crippen LogP contribution in [0.1, 0.15) is 19.3 Å². The summed E-state index contributed by atoms with van der Waals surface area (Å²) in [7, 11) is 0. The molecule has 0 unspecified atom stereocenters. The highest BCUT2D eigenvalue weighted by atomic mass is 16.6. The third kappa shape index (κ3) is 4.63. The van der Waals surface area contributed by atoms with Gasteiger partial charge in [0.25, 0.3) is 0 Å². The van der Waals surface area contributed by atoms with Crippen LogP contribution in [0.2, 0.25) is 0 Å². The molecule has 16 heavy (non-hydrogen) atoms. The fraction of sp³-hybridized carbons (Fsp3) is 0.667. The minimum absolute atomic E-state index is 0.00461. The Morgan fingerprint density at radius 3 is 2.81 bits per heavy atom. The van der Waals surface area contributed by atoms with E-state index in [1.165, 1.54) is 0 Å². The second-order valence-electron chi connectivity index (χ2n) is 3.34. The quantitative estimate of drug-likeness (QED) is 0.618. The Bertz CT molecular complexity index is 290. The first kappa shape index (κ1) is 12.3. The summed E-state index contributed by atoms with van der Waals surface area (Å²) in [6.07, 6.45) is -0.727. The molecule has 0 aromatic heterocycles. The zero-order valence-electron chi connectivity index (χ0n) is 8.60. The molecule has 2 N–H and O–H groups in total. The molecule has 1 aliphatic heterocycles. The van der Waals surface area contributed by atoms with Gasteiger partial charge in [0.15, 0.2) is 6.10 Å². The SMILES string of the molecule is O=C(O)CCCC(=O)OC[C@H]1CNC(=O)O1. The molecule has 90 valence electrons. The normalized spacial score (nSPS) is 18.8. The fourth-order valence-corrected chi connectivity index (χ4v) is 1.17. The standard InChI is InChI=1S/C9H13NO6/c11-7(12)2-1-3-8(13)15-5-6-4-10-9(14)16-6/h6H,1-5H2,(H,10,14)(H,11,12)/t6-/m1/s1. The summed E-state index contributed by atoms with van der Waals surface area (Å²) in [5.74, 6) is -1.43. The van der Waals surface area contributed by atoms with Gasteiger partial charge in [0.05, 0.1) is 6.54 Å². The summed E-state index contributed by atoms with van der Waals surface area (Å²) >= 11 is 0. The number of amides is 1. The van der Waals surface area contributed by atoms with Crippen molar-refractivity contribution in [3.05, 3.63) is 0 Å². The number of hydrogen-bond donors (Lipinski definition) is 2. The number of ether oxygens (including phenoxy) is 2. The number of carbonyl (C=O) groups excluding carboxylic acids is 2. The minimum Gasteiger partial charge on any atom is -0.481 e. The number of nitrogens with one attached hydrogen (secondary N) is 1. The van der Waals surface area contributed by atoms with E-state index in [0.717, 1.165) is 0 Å². The van der Waals surface area contributed by atoms with Crippen LogP contribution in [0.25, 0.3) is 0 Å². The second kappa shape index (κ2) is 5.94. The van der Waals surface area contributed by atoms with Gasteiger partial charge in [-0.15, -0.1) is 0 Å². The summed E-state index contributed by atoms with van der Waals surface area (Å²) in [6.45, 7) is 0.325. The largest absolute Gasteiger partial charge is 0.481 e. The molecule has 0 saturated carbocycles. The van der Waals surface area contributed by atoms with E-state index >= 15 is 0 Å². The molecular weight excluding hydrogens is 218 g/mol. The Labute approximate surface area is 91.7 Å². The highest BCUT2D eigenvalue weighted by molar-refractivity contribution is 5.72. The molecule has 0 bridgehead atoms. The molecule has 0 spiro atoms. The molecule has 0 aromatic rings. The minimum atomic E-state index is -0.943. The van der Waals surface area contributed by atoms with Gasteiger partial charge in [-0.05, 0) is 6.42 Å². The number of cyclic esters (lactones) is 1. The molecule has 1 heterocycles.